The Morgan fingerprint density at radius 2 is 1.96 bits per heavy atom. The number of carbonyl (C=O) groups is 2. The monoisotopic (exact) mass is 384 g/mol. The average Bonchev–Trinajstić information content (AvgIpc) is 3.17. The number of amides is 2. The fourth-order valence-corrected chi connectivity index (χ4v) is 3.29. The predicted molar refractivity (Wildman–Crippen MR) is 105 cm³/mol. The number of anilines is 1. The highest BCUT2D eigenvalue weighted by molar-refractivity contribution is 5.93. The maximum absolute atomic E-state index is 13.1. The van der Waals surface area contributed by atoms with Gasteiger partial charge in [0.05, 0.1) is 17.8 Å². The molecule has 1 aliphatic heterocycles. The molecular formula is C21H25FN4O2. The molecule has 1 aromatic carbocycles. The number of hydrogen-bond acceptors (Lipinski definition) is 4. The van der Waals surface area contributed by atoms with Gasteiger partial charge >= 0.3 is 0 Å². The lowest BCUT2D eigenvalue weighted by Gasteiger charge is -2.26. The highest BCUT2D eigenvalue weighted by Gasteiger charge is 2.30. The second kappa shape index (κ2) is 7.96. The molecule has 6 nitrogen and oxygen atoms in total. The molecule has 1 aliphatic rings. The lowest BCUT2D eigenvalue weighted by molar-refractivity contribution is -0.121. The molecule has 148 valence electrons. The van der Waals surface area contributed by atoms with Crippen LogP contribution in [0, 0.1) is 11.7 Å². The van der Waals surface area contributed by atoms with E-state index in [1.165, 1.54) is 12.1 Å². The maximum Gasteiger partial charge on any atom is 0.272 e. The van der Waals surface area contributed by atoms with Crippen LogP contribution in [0.15, 0.2) is 42.6 Å². The number of likely N-dealkylation sites (tertiary alicyclic amines) is 1. The van der Waals surface area contributed by atoms with Gasteiger partial charge in [0.1, 0.15) is 11.5 Å². The summed E-state index contributed by atoms with van der Waals surface area (Å²) in [6.07, 6.45) is 2.22. The van der Waals surface area contributed by atoms with Crippen LogP contribution in [0.3, 0.4) is 0 Å². The van der Waals surface area contributed by atoms with Crippen LogP contribution in [0.5, 0.6) is 0 Å². The largest absolute Gasteiger partial charge is 0.383 e. The number of nitrogens with zero attached hydrogens (tertiary/aromatic N) is 2. The third-order valence-electron chi connectivity index (χ3n) is 5.22. The molecule has 0 radical (unpaired) electrons. The van der Waals surface area contributed by atoms with Gasteiger partial charge in [-0.1, -0.05) is 26.0 Å². The van der Waals surface area contributed by atoms with Gasteiger partial charge in [0.25, 0.3) is 5.91 Å². The predicted octanol–water partition coefficient (Wildman–Crippen LogP) is 2.56. The van der Waals surface area contributed by atoms with Crippen molar-refractivity contribution in [1.29, 1.82) is 0 Å². The Morgan fingerprint density at radius 3 is 2.54 bits per heavy atom. The summed E-state index contributed by atoms with van der Waals surface area (Å²) in [5.74, 6) is -1.09. The normalized spacial score (nSPS) is 16.8. The number of halogens is 1. The minimum Gasteiger partial charge on any atom is -0.383 e. The van der Waals surface area contributed by atoms with Gasteiger partial charge in [-0.25, -0.2) is 9.37 Å². The van der Waals surface area contributed by atoms with E-state index in [0.717, 1.165) is 11.3 Å². The van der Waals surface area contributed by atoms with E-state index in [1.54, 1.807) is 29.3 Å². The number of nitrogens with two attached hydrogens (primary N) is 1. The lowest BCUT2D eigenvalue weighted by Crippen LogP contribution is -2.32. The molecule has 0 aliphatic carbocycles. The van der Waals surface area contributed by atoms with Crippen molar-refractivity contribution in [2.24, 2.45) is 11.7 Å². The molecule has 1 saturated heterocycles. The van der Waals surface area contributed by atoms with E-state index in [4.69, 9.17) is 5.73 Å². The maximum atomic E-state index is 13.1. The van der Waals surface area contributed by atoms with Crippen LogP contribution in [0.1, 0.15) is 36.3 Å². The lowest BCUT2D eigenvalue weighted by atomic mass is 9.84. The molecule has 7 heteroatoms. The highest BCUT2D eigenvalue weighted by atomic mass is 19.1. The van der Waals surface area contributed by atoms with Crippen molar-refractivity contribution in [3.8, 4) is 0 Å². The zero-order valence-electron chi connectivity index (χ0n) is 16.1. The minimum atomic E-state index is -0.369. The fourth-order valence-electron chi connectivity index (χ4n) is 3.29. The highest BCUT2D eigenvalue weighted by Crippen LogP contribution is 2.24. The van der Waals surface area contributed by atoms with Crippen molar-refractivity contribution < 1.29 is 14.0 Å². The third kappa shape index (κ3) is 4.47. The number of benzene rings is 1. The summed E-state index contributed by atoms with van der Waals surface area (Å²) in [7, 11) is 0. The van der Waals surface area contributed by atoms with E-state index < -0.39 is 0 Å². The van der Waals surface area contributed by atoms with Crippen LogP contribution in [-0.4, -0.2) is 41.3 Å². The summed E-state index contributed by atoms with van der Waals surface area (Å²) in [5, 5.41) is 3.31. The van der Waals surface area contributed by atoms with Gasteiger partial charge in [-0.2, -0.15) is 0 Å². The molecular weight excluding hydrogens is 359 g/mol. The van der Waals surface area contributed by atoms with Gasteiger partial charge in [0.2, 0.25) is 5.91 Å². The fraction of sp³-hybridized carbons (Fsp3) is 0.381. The molecule has 0 spiro atoms. The first kappa shape index (κ1) is 19.8. The Balaban J connectivity index is 1.59. The number of pyridine rings is 1. The van der Waals surface area contributed by atoms with E-state index in [1.807, 2.05) is 6.07 Å². The second-order valence-electron chi connectivity index (χ2n) is 7.82. The summed E-state index contributed by atoms with van der Waals surface area (Å²) in [5.41, 5.74) is 7.27. The first-order valence-corrected chi connectivity index (χ1v) is 9.31. The number of nitrogens with one attached hydrogen (secondary N) is 1. The van der Waals surface area contributed by atoms with Crippen LogP contribution < -0.4 is 11.1 Å². The molecule has 2 aromatic rings. The van der Waals surface area contributed by atoms with Gasteiger partial charge in [-0.3, -0.25) is 9.59 Å². The van der Waals surface area contributed by atoms with Crippen molar-refractivity contribution in [3.05, 3.63) is 59.7 Å². The van der Waals surface area contributed by atoms with Gasteiger partial charge < -0.3 is 16.0 Å². The molecule has 3 rings (SSSR count). The van der Waals surface area contributed by atoms with Crippen LogP contribution in [0.25, 0.3) is 0 Å². The van der Waals surface area contributed by atoms with Gasteiger partial charge in [-0.15, -0.1) is 0 Å². The van der Waals surface area contributed by atoms with E-state index >= 15 is 0 Å². The number of carbonyl (C=O) groups excluding carboxylic acids is 2. The molecule has 28 heavy (non-hydrogen) atoms. The van der Waals surface area contributed by atoms with Crippen LogP contribution in [0.4, 0.5) is 10.1 Å². The number of hydrogen-bond donors (Lipinski definition) is 2. The smallest absolute Gasteiger partial charge is 0.272 e. The first-order valence-electron chi connectivity index (χ1n) is 9.31. The van der Waals surface area contributed by atoms with Gasteiger partial charge in [0.15, 0.2) is 0 Å². The average molecular weight is 384 g/mol. The quantitative estimate of drug-likeness (QED) is 0.801. The summed E-state index contributed by atoms with van der Waals surface area (Å²) >= 11 is 0. The Kier molecular flexibility index (Phi) is 5.63. The Bertz CT molecular complexity index is 850. The zero-order valence-corrected chi connectivity index (χ0v) is 16.1. The molecule has 2 amide bonds. The molecule has 2 heterocycles. The molecule has 1 aromatic heterocycles. The van der Waals surface area contributed by atoms with Crippen molar-refractivity contribution in [2.75, 3.05) is 25.0 Å². The molecule has 0 saturated carbocycles. The Hall–Kier alpha value is -2.96. The Morgan fingerprint density at radius 1 is 1.25 bits per heavy atom. The molecule has 1 atom stereocenters. The first-order chi connectivity index (χ1) is 13.3. The number of rotatable bonds is 6. The van der Waals surface area contributed by atoms with Gasteiger partial charge in [-0.05, 0) is 36.2 Å². The Labute approximate surface area is 163 Å². The molecule has 1 fully saturated rings. The minimum absolute atomic E-state index is 0.193. The SMILES string of the molecule is CC(C)(CNc1ccc(C(=O)N2CCC(C(N)=O)C2)nc1)c1ccc(F)cc1. The summed E-state index contributed by atoms with van der Waals surface area (Å²) in [4.78, 5) is 29.7. The van der Waals surface area contributed by atoms with Crippen molar-refractivity contribution >= 4 is 17.5 Å². The van der Waals surface area contributed by atoms with Crippen LogP contribution in [-0.2, 0) is 10.2 Å². The summed E-state index contributed by atoms with van der Waals surface area (Å²) in [6, 6.07) is 9.97. The molecule has 1 unspecified atom stereocenters. The van der Waals surface area contributed by atoms with E-state index in [0.29, 0.717) is 31.7 Å². The number of primary amides is 1. The molecule has 3 N–H and O–H groups in total. The zero-order chi connectivity index (χ0) is 20.3. The number of aromatic nitrogens is 1. The van der Waals surface area contributed by atoms with Gasteiger partial charge in [0, 0.05) is 25.0 Å². The summed E-state index contributed by atoms with van der Waals surface area (Å²) in [6.45, 7) is 5.63. The van der Waals surface area contributed by atoms with Crippen molar-refractivity contribution in [3.63, 3.8) is 0 Å². The topological polar surface area (TPSA) is 88.3 Å². The molecule has 0 bridgehead atoms. The van der Waals surface area contributed by atoms with E-state index in [9.17, 15) is 14.0 Å². The second-order valence-corrected chi connectivity index (χ2v) is 7.82. The standard InChI is InChI=1S/C21H25FN4O2/c1-21(2,15-3-5-16(22)6-4-15)13-25-17-7-8-18(24-11-17)20(28)26-10-9-14(12-26)19(23)27/h3-8,11,14,25H,9-10,12-13H2,1-2H3,(H2,23,27). The van der Waals surface area contributed by atoms with Crippen molar-refractivity contribution in [2.45, 2.75) is 25.7 Å². The third-order valence-corrected chi connectivity index (χ3v) is 5.22. The summed E-state index contributed by atoms with van der Waals surface area (Å²) < 4.78 is 13.1. The van der Waals surface area contributed by atoms with E-state index in [-0.39, 0.29) is 29.0 Å². The van der Waals surface area contributed by atoms with Crippen LogP contribution >= 0.6 is 0 Å². The van der Waals surface area contributed by atoms with Crippen LogP contribution in [0.2, 0.25) is 0 Å². The van der Waals surface area contributed by atoms with E-state index in [2.05, 4.69) is 24.1 Å². The van der Waals surface area contributed by atoms with Crippen molar-refractivity contribution in [1.82, 2.24) is 9.88 Å².